The van der Waals surface area contributed by atoms with Gasteiger partial charge in [-0.3, -0.25) is 0 Å². The van der Waals surface area contributed by atoms with Crippen molar-refractivity contribution in [1.82, 2.24) is 9.78 Å². The Morgan fingerprint density at radius 2 is 1.88 bits per heavy atom. The van der Waals surface area contributed by atoms with Crippen LogP contribution in [0.25, 0.3) is 16.9 Å². The lowest BCUT2D eigenvalue weighted by atomic mass is 10.1. The van der Waals surface area contributed by atoms with E-state index in [1.165, 1.54) is 12.1 Å². The maximum absolute atomic E-state index is 13.3. The molecule has 0 radical (unpaired) electrons. The molecule has 0 saturated carbocycles. The fraction of sp³-hybridized carbons (Fsp3) is 0.211. The van der Waals surface area contributed by atoms with Gasteiger partial charge in [-0.2, -0.15) is 5.10 Å². The largest absolute Gasteiger partial charge is 0.493 e. The molecule has 128 valence electrons. The number of aromatic nitrogens is 2. The lowest BCUT2D eigenvalue weighted by Gasteiger charge is -2.11. The number of halogens is 1. The first kappa shape index (κ1) is 15.5. The van der Waals surface area contributed by atoms with Gasteiger partial charge in [-0.15, -0.1) is 0 Å². The lowest BCUT2D eigenvalue weighted by Crippen LogP contribution is -2.04. The standard InChI is InChI=1S/C19H18FN3O2/c1-24-16-5-3-4-14(18(16)25-2)17-15-10-11-21-19(15)23(22-17)13-8-6-12(20)7-9-13/h3-9,21H,10-11H2,1-2H3. The number of methoxy groups -OCH3 is 2. The molecular weight excluding hydrogens is 321 g/mol. The molecule has 0 unspecified atom stereocenters. The van der Waals surface area contributed by atoms with Crippen molar-refractivity contribution in [2.45, 2.75) is 6.42 Å². The summed E-state index contributed by atoms with van der Waals surface area (Å²) in [7, 11) is 3.24. The van der Waals surface area contributed by atoms with Crippen LogP contribution in [0.3, 0.4) is 0 Å². The predicted octanol–water partition coefficient (Wildman–Crippen LogP) is 3.66. The zero-order valence-corrected chi connectivity index (χ0v) is 14.0. The van der Waals surface area contributed by atoms with E-state index in [4.69, 9.17) is 14.6 Å². The molecule has 5 nitrogen and oxygen atoms in total. The van der Waals surface area contributed by atoms with Crippen LogP contribution in [0, 0.1) is 5.82 Å². The molecule has 0 bridgehead atoms. The lowest BCUT2D eigenvalue weighted by molar-refractivity contribution is 0.356. The summed E-state index contributed by atoms with van der Waals surface area (Å²) < 4.78 is 26.0. The molecule has 25 heavy (non-hydrogen) atoms. The van der Waals surface area contributed by atoms with Crippen LogP contribution in [0.2, 0.25) is 0 Å². The van der Waals surface area contributed by atoms with E-state index in [0.717, 1.165) is 41.3 Å². The molecule has 1 N–H and O–H groups in total. The number of rotatable bonds is 4. The number of ether oxygens (including phenoxy) is 2. The minimum Gasteiger partial charge on any atom is -0.493 e. The van der Waals surface area contributed by atoms with Gasteiger partial charge in [0.05, 0.1) is 19.9 Å². The Kier molecular flexibility index (Phi) is 3.80. The zero-order valence-electron chi connectivity index (χ0n) is 14.0. The van der Waals surface area contributed by atoms with E-state index in [2.05, 4.69) is 5.32 Å². The number of anilines is 1. The van der Waals surface area contributed by atoms with Crippen molar-refractivity contribution in [2.24, 2.45) is 0 Å². The monoisotopic (exact) mass is 339 g/mol. The molecule has 1 aliphatic heterocycles. The number of nitrogens with one attached hydrogen (secondary N) is 1. The Bertz CT molecular complexity index is 919. The first-order valence-electron chi connectivity index (χ1n) is 8.06. The van der Waals surface area contributed by atoms with E-state index in [-0.39, 0.29) is 5.82 Å². The molecular formula is C19H18FN3O2. The Morgan fingerprint density at radius 1 is 1.08 bits per heavy atom. The van der Waals surface area contributed by atoms with Gasteiger partial charge < -0.3 is 14.8 Å². The van der Waals surface area contributed by atoms with E-state index in [1.807, 2.05) is 22.9 Å². The highest BCUT2D eigenvalue weighted by Crippen LogP contribution is 2.42. The SMILES string of the molecule is COc1cccc(-c2nn(-c3ccc(F)cc3)c3c2CCN3)c1OC. The summed E-state index contributed by atoms with van der Waals surface area (Å²) in [5, 5.41) is 8.15. The van der Waals surface area contributed by atoms with Gasteiger partial charge in [-0.1, -0.05) is 6.07 Å². The van der Waals surface area contributed by atoms with Crippen molar-refractivity contribution in [3.05, 3.63) is 53.8 Å². The fourth-order valence-electron chi connectivity index (χ4n) is 3.23. The van der Waals surface area contributed by atoms with Crippen molar-refractivity contribution >= 4 is 5.82 Å². The van der Waals surface area contributed by atoms with Gasteiger partial charge in [-0.25, -0.2) is 9.07 Å². The molecule has 0 fully saturated rings. The van der Waals surface area contributed by atoms with Gasteiger partial charge in [0.15, 0.2) is 11.5 Å². The second-order valence-electron chi connectivity index (χ2n) is 5.78. The Hall–Kier alpha value is -3.02. The van der Waals surface area contributed by atoms with Crippen LogP contribution in [-0.2, 0) is 6.42 Å². The van der Waals surface area contributed by atoms with Crippen molar-refractivity contribution in [3.63, 3.8) is 0 Å². The molecule has 4 rings (SSSR count). The van der Waals surface area contributed by atoms with Crippen LogP contribution < -0.4 is 14.8 Å². The maximum Gasteiger partial charge on any atom is 0.170 e. The van der Waals surface area contributed by atoms with E-state index in [1.54, 1.807) is 26.4 Å². The average molecular weight is 339 g/mol. The van der Waals surface area contributed by atoms with Crippen molar-refractivity contribution in [3.8, 4) is 28.4 Å². The Labute approximate surface area is 145 Å². The van der Waals surface area contributed by atoms with E-state index < -0.39 is 0 Å². The zero-order chi connectivity index (χ0) is 17.4. The third-order valence-corrected chi connectivity index (χ3v) is 4.38. The summed E-state index contributed by atoms with van der Waals surface area (Å²) >= 11 is 0. The minimum absolute atomic E-state index is 0.268. The Morgan fingerprint density at radius 3 is 2.60 bits per heavy atom. The molecule has 0 amide bonds. The molecule has 1 aliphatic rings. The van der Waals surface area contributed by atoms with E-state index in [9.17, 15) is 4.39 Å². The number of benzene rings is 2. The highest BCUT2D eigenvalue weighted by atomic mass is 19.1. The van der Waals surface area contributed by atoms with E-state index >= 15 is 0 Å². The normalized spacial score (nSPS) is 12.6. The van der Waals surface area contributed by atoms with E-state index in [0.29, 0.717) is 11.5 Å². The second-order valence-corrected chi connectivity index (χ2v) is 5.78. The van der Waals surface area contributed by atoms with Crippen LogP contribution >= 0.6 is 0 Å². The minimum atomic E-state index is -0.268. The molecule has 1 aromatic heterocycles. The van der Waals surface area contributed by atoms with Crippen molar-refractivity contribution in [1.29, 1.82) is 0 Å². The van der Waals surface area contributed by atoms with Crippen molar-refractivity contribution in [2.75, 3.05) is 26.1 Å². The van der Waals surface area contributed by atoms with Crippen LogP contribution in [0.5, 0.6) is 11.5 Å². The number of hydrogen-bond donors (Lipinski definition) is 1. The molecule has 0 saturated heterocycles. The summed E-state index contributed by atoms with van der Waals surface area (Å²) in [5.74, 6) is 1.99. The quantitative estimate of drug-likeness (QED) is 0.788. The predicted molar refractivity (Wildman–Crippen MR) is 94.3 cm³/mol. The smallest absolute Gasteiger partial charge is 0.170 e. The summed E-state index contributed by atoms with van der Waals surface area (Å²) in [5.41, 5.74) is 3.65. The highest BCUT2D eigenvalue weighted by molar-refractivity contribution is 5.78. The average Bonchev–Trinajstić information content (AvgIpc) is 3.24. The first-order chi connectivity index (χ1) is 12.2. The van der Waals surface area contributed by atoms with Gasteiger partial charge in [0.1, 0.15) is 17.3 Å². The summed E-state index contributed by atoms with van der Waals surface area (Å²) in [6.45, 7) is 0.841. The van der Waals surface area contributed by atoms with Crippen LogP contribution in [0.4, 0.5) is 10.2 Å². The maximum atomic E-state index is 13.3. The third-order valence-electron chi connectivity index (χ3n) is 4.38. The summed E-state index contributed by atoms with van der Waals surface area (Å²) in [4.78, 5) is 0. The second kappa shape index (κ2) is 6.12. The Balaban J connectivity index is 1.90. The molecule has 0 atom stereocenters. The number of nitrogens with zero attached hydrogens (tertiary/aromatic N) is 2. The topological polar surface area (TPSA) is 48.3 Å². The van der Waals surface area contributed by atoms with Crippen LogP contribution in [-0.4, -0.2) is 30.5 Å². The fourth-order valence-corrected chi connectivity index (χ4v) is 3.23. The number of fused-ring (bicyclic) bond motifs is 1. The number of para-hydroxylation sites is 1. The van der Waals surface area contributed by atoms with Crippen LogP contribution in [0.1, 0.15) is 5.56 Å². The summed E-state index contributed by atoms with van der Waals surface area (Å²) in [6.07, 6.45) is 0.867. The summed E-state index contributed by atoms with van der Waals surface area (Å²) in [6, 6.07) is 12.1. The molecule has 3 aromatic rings. The molecule has 0 spiro atoms. The van der Waals surface area contributed by atoms with Gasteiger partial charge in [-0.05, 0) is 42.8 Å². The molecule has 0 aliphatic carbocycles. The van der Waals surface area contributed by atoms with Crippen LogP contribution in [0.15, 0.2) is 42.5 Å². The van der Waals surface area contributed by atoms with Crippen molar-refractivity contribution < 1.29 is 13.9 Å². The molecule has 2 heterocycles. The van der Waals surface area contributed by atoms with Gasteiger partial charge in [0.25, 0.3) is 0 Å². The third kappa shape index (κ3) is 2.50. The van der Waals surface area contributed by atoms with Gasteiger partial charge >= 0.3 is 0 Å². The molecule has 6 heteroatoms. The van der Waals surface area contributed by atoms with Gasteiger partial charge in [0, 0.05) is 17.7 Å². The number of hydrogen-bond acceptors (Lipinski definition) is 4. The molecule has 2 aromatic carbocycles. The first-order valence-corrected chi connectivity index (χ1v) is 8.06. The highest BCUT2D eigenvalue weighted by Gasteiger charge is 2.26. The van der Waals surface area contributed by atoms with Gasteiger partial charge in [0.2, 0.25) is 0 Å².